The molecule has 196 valence electrons. The second-order valence-corrected chi connectivity index (χ2v) is 11.7. The number of halogens is 2. The Kier molecular flexibility index (Phi) is 9.75. The van der Waals surface area contributed by atoms with Crippen LogP contribution in [-0.2, 0) is 26.2 Å². The van der Waals surface area contributed by atoms with Gasteiger partial charge in [0.25, 0.3) is 10.0 Å². The molecule has 1 atom stereocenters. The van der Waals surface area contributed by atoms with E-state index in [0.29, 0.717) is 6.54 Å². The van der Waals surface area contributed by atoms with Gasteiger partial charge in [-0.15, -0.1) is 0 Å². The van der Waals surface area contributed by atoms with E-state index in [1.165, 1.54) is 17.0 Å². The van der Waals surface area contributed by atoms with E-state index in [-0.39, 0.29) is 28.1 Å². The first kappa shape index (κ1) is 28.7. The molecule has 1 N–H and O–H groups in total. The highest BCUT2D eigenvalue weighted by molar-refractivity contribution is 9.10. The van der Waals surface area contributed by atoms with Crippen LogP contribution in [0.2, 0.25) is 5.02 Å². The van der Waals surface area contributed by atoms with E-state index in [2.05, 4.69) is 21.2 Å². The van der Waals surface area contributed by atoms with E-state index in [0.717, 1.165) is 19.9 Å². The average Bonchev–Trinajstić information content (AvgIpc) is 2.86. The molecule has 0 bridgehead atoms. The smallest absolute Gasteiger partial charge is 0.264 e. The summed E-state index contributed by atoms with van der Waals surface area (Å²) in [7, 11) is -4.16. The number of benzene rings is 3. The van der Waals surface area contributed by atoms with Crippen LogP contribution in [0.3, 0.4) is 0 Å². The van der Waals surface area contributed by atoms with Crippen molar-refractivity contribution in [3.63, 3.8) is 0 Å². The first-order valence-electron chi connectivity index (χ1n) is 11.7. The lowest BCUT2D eigenvalue weighted by atomic mass is 10.1. The normalized spacial score (nSPS) is 12.0. The molecule has 0 aliphatic carbocycles. The van der Waals surface area contributed by atoms with E-state index in [9.17, 15) is 18.0 Å². The van der Waals surface area contributed by atoms with Crippen LogP contribution in [0.25, 0.3) is 0 Å². The Hall–Kier alpha value is -2.88. The van der Waals surface area contributed by atoms with Gasteiger partial charge < -0.3 is 10.2 Å². The minimum absolute atomic E-state index is 0.0288. The fourth-order valence-corrected chi connectivity index (χ4v) is 5.91. The van der Waals surface area contributed by atoms with Crippen molar-refractivity contribution in [2.24, 2.45) is 0 Å². The maximum atomic E-state index is 13.8. The van der Waals surface area contributed by atoms with Crippen LogP contribution in [-0.4, -0.2) is 44.3 Å². The number of carbonyl (C=O) groups excluding carboxylic acids is 2. The summed E-state index contributed by atoms with van der Waals surface area (Å²) in [4.78, 5) is 27.9. The number of aryl methyl sites for hydroxylation is 1. The number of para-hydroxylation sites is 1. The summed E-state index contributed by atoms with van der Waals surface area (Å²) in [6, 6.07) is 19.3. The lowest BCUT2D eigenvalue weighted by Crippen LogP contribution is -2.51. The SMILES string of the molecule is CCNC(=O)[C@@H](C)N(Cc1cccc(Br)c1)C(=O)CN(c1ccccc1Cl)S(=O)(=O)c1ccc(C)cc1. The van der Waals surface area contributed by atoms with Gasteiger partial charge in [-0.2, -0.15) is 0 Å². The summed E-state index contributed by atoms with van der Waals surface area (Å²) < 4.78 is 29.4. The molecule has 0 aliphatic heterocycles. The molecule has 0 radical (unpaired) electrons. The van der Waals surface area contributed by atoms with Gasteiger partial charge in [0.2, 0.25) is 11.8 Å². The highest BCUT2D eigenvalue weighted by Gasteiger charge is 2.33. The summed E-state index contributed by atoms with van der Waals surface area (Å²) in [5.41, 5.74) is 1.85. The van der Waals surface area contributed by atoms with Crippen LogP contribution < -0.4 is 9.62 Å². The maximum Gasteiger partial charge on any atom is 0.264 e. The van der Waals surface area contributed by atoms with Crippen molar-refractivity contribution in [3.8, 4) is 0 Å². The predicted octanol–water partition coefficient (Wildman–Crippen LogP) is 5.16. The first-order valence-corrected chi connectivity index (χ1v) is 14.3. The monoisotopic (exact) mass is 605 g/mol. The quantitative estimate of drug-likeness (QED) is 0.346. The summed E-state index contributed by atoms with van der Waals surface area (Å²) in [5.74, 6) is -0.883. The van der Waals surface area contributed by atoms with Gasteiger partial charge in [-0.05, 0) is 62.7 Å². The van der Waals surface area contributed by atoms with Gasteiger partial charge in [0, 0.05) is 17.6 Å². The molecule has 3 rings (SSSR count). The Morgan fingerprint density at radius 3 is 2.32 bits per heavy atom. The molecule has 0 unspecified atom stereocenters. The van der Waals surface area contributed by atoms with Crippen molar-refractivity contribution in [3.05, 3.63) is 93.4 Å². The molecule has 0 heterocycles. The van der Waals surface area contributed by atoms with E-state index in [1.807, 2.05) is 31.2 Å². The lowest BCUT2D eigenvalue weighted by molar-refractivity contribution is -0.139. The van der Waals surface area contributed by atoms with Gasteiger partial charge in [0.15, 0.2) is 0 Å². The molecule has 37 heavy (non-hydrogen) atoms. The van der Waals surface area contributed by atoms with Crippen molar-refractivity contribution in [2.45, 2.75) is 38.3 Å². The largest absolute Gasteiger partial charge is 0.355 e. The van der Waals surface area contributed by atoms with E-state index in [4.69, 9.17) is 11.6 Å². The maximum absolute atomic E-state index is 13.8. The summed E-state index contributed by atoms with van der Waals surface area (Å²) >= 11 is 9.83. The zero-order valence-corrected chi connectivity index (χ0v) is 24.0. The van der Waals surface area contributed by atoms with Gasteiger partial charge >= 0.3 is 0 Å². The van der Waals surface area contributed by atoms with Crippen LogP contribution in [0, 0.1) is 6.92 Å². The van der Waals surface area contributed by atoms with Crippen molar-refractivity contribution in [1.82, 2.24) is 10.2 Å². The third kappa shape index (κ3) is 7.12. The van der Waals surface area contributed by atoms with E-state index >= 15 is 0 Å². The van der Waals surface area contributed by atoms with Crippen LogP contribution in [0.4, 0.5) is 5.69 Å². The highest BCUT2D eigenvalue weighted by Crippen LogP contribution is 2.31. The van der Waals surface area contributed by atoms with E-state index in [1.54, 1.807) is 50.2 Å². The number of hydrogen-bond donors (Lipinski definition) is 1. The number of sulfonamides is 1. The highest BCUT2D eigenvalue weighted by atomic mass is 79.9. The number of hydrogen-bond acceptors (Lipinski definition) is 4. The lowest BCUT2D eigenvalue weighted by Gasteiger charge is -2.32. The Morgan fingerprint density at radius 1 is 1.03 bits per heavy atom. The average molecular weight is 607 g/mol. The molecule has 7 nitrogen and oxygen atoms in total. The van der Waals surface area contributed by atoms with Crippen molar-refractivity contribution in [2.75, 3.05) is 17.4 Å². The zero-order valence-electron chi connectivity index (χ0n) is 20.8. The fourth-order valence-electron chi connectivity index (χ4n) is 3.74. The Labute approximate surface area is 231 Å². The Bertz CT molecular complexity index is 1370. The zero-order chi connectivity index (χ0) is 27.2. The van der Waals surface area contributed by atoms with Crippen LogP contribution >= 0.6 is 27.5 Å². The van der Waals surface area contributed by atoms with Crippen molar-refractivity contribution in [1.29, 1.82) is 0 Å². The number of nitrogens with one attached hydrogen (secondary N) is 1. The Balaban J connectivity index is 2.04. The van der Waals surface area contributed by atoms with Crippen molar-refractivity contribution < 1.29 is 18.0 Å². The molecule has 2 amide bonds. The minimum Gasteiger partial charge on any atom is -0.355 e. The van der Waals surface area contributed by atoms with Crippen molar-refractivity contribution >= 4 is 55.1 Å². The number of carbonyl (C=O) groups is 2. The molecular weight excluding hydrogens is 578 g/mol. The predicted molar refractivity (Wildman–Crippen MR) is 150 cm³/mol. The third-order valence-electron chi connectivity index (χ3n) is 5.77. The molecule has 0 spiro atoms. The van der Waals surface area contributed by atoms with Crippen LogP contribution in [0.5, 0.6) is 0 Å². The molecular formula is C27H29BrClN3O4S. The standard InChI is InChI=1S/C27H29BrClN3O4S/c1-4-30-27(34)20(3)31(17-21-8-7-9-22(28)16-21)26(33)18-32(25-11-6-5-10-24(25)29)37(35,36)23-14-12-19(2)13-15-23/h5-16,20H,4,17-18H2,1-3H3,(H,30,34)/t20-/m1/s1. The molecule has 0 saturated carbocycles. The molecule has 10 heteroatoms. The molecule has 0 aromatic heterocycles. The minimum atomic E-state index is -4.16. The topological polar surface area (TPSA) is 86.8 Å². The van der Waals surface area contributed by atoms with Gasteiger partial charge in [-0.25, -0.2) is 8.42 Å². The molecule has 0 fully saturated rings. The first-order chi connectivity index (χ1) is 17.5. The van der Waals surface area contributed by atoms with Gasteiger partial charge in [0.1, 0.15) is 12.6 Å². The van der Waals surface area contributed by atoms with Gasteiger partial charge in [-0.1, -0.05) is 69.5 Å². The van der Waals surface area contributed by atoms with E-state index < -0.39 is 28.5 Å². The number of likely N-dealkylation sites (N-methyl/N-ethyl adjacent to an activating group) is 1. The summed E-state index contributed by atoms with van der Waals surface area (Å²) in [5, 5.41) is 2.92. The second-order valence-electron chi connectivity index (χ2n) is 8.50. The van der Waals surface area contributed by atoms with Gasteiger partial charge in [0.05, 0.1) is 15.6 Å². The van der Waals surface area contributed by atoms with Crippen LogP contribution in [0.15, 0.2) is 82.2 Å². The number of rotatable bonds is 10. The Morgan fingerprint density at radius 2 is 1.70 bits per heavy atom. The summed E-state index contributed by atoms with van der Waals surface area (Å²) in [6.45, 7) is 5.23. The molecule has 3 aromatic carbocycles. The third-order valence-corrected chi connectivity index (χ3v) is 8.36. The van der Waals surface area contributed by atoms with Crippen LogP contribution in [0.1, 0.15) is 25.0 Å². The summed E-state index contributed by atoms with van der Waals surface area (Å²) in [6.07, 6.45) is 0. The van der Waals surface area contributed by atoms with Gasteiger partial charge in [-0.3, -0.25) is 13.9 Å². The fraction of sp³-hybridized carbons (Fsp3) is 0.259. The molecule has 0 saturated heterocycles. The molecule has 0 aliphatic rings. The number of nitrogens with zero attached hydrogens (tertiary/aromatic N) is 2. The number of amides is 2. The second kappa shape index (κ2) is 12.6. The molecule has 3 aromatic rings. The number of anilines is 1.